The lowest BCUT2D eigenvalue weighted by Crippen LogP contribution is -2.34. The minimum absolute atomic E-state index is 0.0693. The molecule has 0 atom stereocenters. The van der Waals surface area contributed by atoms with Crippen molar-refractivity contribution in [2.45, 2.75) is 33.3 Å². The third kappa shape index (κ3) is 4.87. The monoisotopic (exact) mass is 335 g/mol. The number of aryl methyl sites for hydroxylation is 1. The molecular weight excluding hydrogens is 314 g/mol. The van der Waals surface area contributed by atoms with E-state index in [9.17, 15) is 10.0 Å². The van der Waals surface area contributed by atoms with Gasteiger partial charge in [0.25, 0.3) is 5.69 Å². The number of ether oxygens (including phenoxy) is 2. The van der Waals surface area contributed by atoms with E-state index in [1.807, 2.05) is 19.1 Å². The number of nitrogens with one attached hydrogen (secondary N) is 1. The Bertz CT molecular complexity index is 689. The molecule has 1 N–H and O–H groups in total. The molecule has 0 spiro atoms. The van der Waals surface area contributed by atoms with Crippen molar-refractivity contribution in [2.75, 3.05) is 13.2 Å². The van der Waals surface area contributed by atoms with Gasteiger partial charge >= 0.3 is 12.0 Å². The average molecular weight is 335 g/mol. The van der Waals surface area contributed by atoms with Crippen LogP contribution < -0.4 is 15.0 Å². The number of aromatic nitrogens is 2. The fourth-order valence-corrected chi connectivity index (χ4v) is 1.89. The van der Waals surface area contributed by atoms with Crippen LogP contribution in [0.15, 0.2) is 28.9 Å². The summed E-state index contributed by atoms with van der Waals surface area (Å²) in [6, 6.07) is 7.30. The van der Waals surface area contributed by atoms with Crippen LogP contribution in [-0.4, -0.2) is 30.0 Å². The van der Waals surface area contributed by atoms with Gasteiger partial charge in [-0.3, -0.25) is 4.63 Å². The predicted molar refractivity (Wildman–Crippen MR) is 85.4 cm³/mol. The zero-order chi connectivity index (χ0) is 17.7. The van der Waals surface area contributed by atoms with Crippen molar-refractivity contribution in [3.05, 3.63) is 35.0 Å². The van der Waals surface area contributed by atoms with Crippen LogP contribution in [0.25, 0.3) is 11.3 Å². The number of alkyl carbamates (subject to hydrolysis) is 1. The molecule has 8 nitrogen and oxygen atoms in total. The summed E-state index contributed by atoms with van der Waals surface area (Å²) >= 11 is 0. The molecule has 1 aromatic carbocycles. The molecule has 0 aliphatic rings. The SMILES string of the molecule is Cc1ccc(-c2c(OCCNC(=O)OC(C)(C)C)no[n+]2[O-])cc1. The maximum Gasteiger partial charge on any atom is 0.407 e. The van der Waals surface area contributed by atoms with E-state index in [-0.39, 0.29) is 24.7 Å². The lowest BCUT2D eigenvalue weighted by Gasteiger charge is -2.19. The summed E-state index contributed by atoms with van der Waals surface area (Å²) in [5.41, 5.74) is 1.32. The molecule has 1 heterocycles. The largest absolute Gasteiger partial charge is 0.453 e. The molecule has 8 heteroatoms. The van der Waals surface area contributed by atoms with Crippen molar-refractivity contribution in [3.8, 4) is 17.1 Å². The zero-order valence-electron chi connectivity index (χ0n) is 14.2. The predicted octanol–water partition coefficient (Wildman–Crippen LogP) is 2.19. The molecule has 1 aromatic heterocycles. The molecule has 1 amide bonds. The van der Waals surface area contributed by atoms with Gasteiger partial charge in [0.1, 0.15) is 12.2 Å². The van der Waals surface area contributed by atoms with Gasteiger partial charge in [-0.2, -0.15) is 0 Å². The number of hydrogen-bond acceptors (Lipinski definition) is 6. The average Bonchev–Trinajstić information content (AvgIpc) is 2.84. The van der Waals surface area contributed by atoms with E-state index < -0.39 is 11.7 Å². The number of carbonyl (C=O) groups excluding carboxylic acids is 1. The molecule has 0 aliphatic heterocycles. The van der Waals surface area contributed by atoms with Crippen molar-refractivity contribution < 1.29 is 23.8 Å². The van der Waals surface area contributed by atoms with Gasteiger partial charge < -0.3 is 20.0 Å². The topological polar surface area (TPSA) is 101 Å². The Kier molecular flexibility index (Phi) is 5.28. The Morgan fingerprint density at radius 2 is 2.00 bits per heavy atom. The van der Waals surface area contributed by atoms with Crippen LogP contribution in [0.1, 0.15) is 26.3 Å². The Hall–Kier alpha value is -2.77. The van der Waals surface area contributed by atoms with Gasteiger partial charge in [-0.25, -0.2) is 4.79 Å². The molecule has 0 aliphatic carbocycles. The standard InChI is InChI=1S/C16H21N3O5/c1-11-5-7-12(8-6-11)13-14(18-24-19(13)21)22-10-9-17-15(20)23-16(2,3)4/h5-8H,9-10H2,1-4H3,(H,17,20). The molecule has 0 bridgehead atoms. The first-order valence-corrected chi connectivity index (χ1v) is 7.53. The third-order valence-electron chi connectivity index (χ3n) is 2.92. The number of amides is 1. The van der Waals surface area contributed by atoms with Gasteiger partial charge in [-0.05, 0) is 44.7 Å². The second kappa shape index (κ2) is 7.20. The maximum absolute atomic E-state index is 11.7. The second-order valence-electron chi connectivity index (χ2n) is 6.23. The van der Waals surface area contributed by atoms with Crippen LogP contribution in [0.3, 0.4) is 0 Å². The summed E-state index contributed by atoms with van der Waals surface area (Å²) in [4.78, 5) is 11.8. The highest BCUT2D eigenvalue weighted by Crippen LogP contribution is 2.24. The fraction of sp³-hybridized carbons (Fsp3) is 0.438. The molecule has 0 unspecified atom stereocenters. The summed E-state index contributed by atoms with van der Waals surface area (Å²) < 4.78 is 15.1. The lowest BCUT2D eigenvalue weighted by atomic mass is 10.1. The van der Waals surface area contributed by atoms with Gasteiger partial charge in [0.05, 0.1) is 11.7 Å². The second-order valence-corrected chi connectivity index (χ2v) is 6.23. The van der Waals surface area contributed by atoms with Gasteiger partial charge in [0, 0.05) is 5.56 Å². The molecule has 2 aromatic rings. The fourth-order valence-electron chi connectivity index (χ4n) is 1.89. The van der Waals surface area contributed by atoms with Crippen molar-refractivity contribution >= 4 is 6.09 Å². The van der Waals surface area contributed by atoms with Crippen molar-refractivity contribution in [2.24, 2.45) is 0 Å². The third-order valence-corrected chi connectivity index (χ3v) is 2.92. The normalized spacial score (nSPS) is 11.2. The van der Waals surface area contributed by atoms with Crippen LogP contribution in [0.4, 0.5) is 4.79 Å². The van der Waals surface area contributed by atoms with E-state index in [0.717, 1.165) is 5.56 Å². The smallest absolute Gasteiger partial charge is 0.407 e. The van der Waals surface area contributed by atoms with Crippen molar-refractivity contribution in [1.82, 2.24) is 10.5 Å². The number of carbonyl (C=O) groups is 1. The Morgan fingerprint density at radius 1 is 1.33 bits per heavy atom. The van der Waals surface area contributed by atoms with E-state index in [0.29, 0.717) is 10.5 Å². The van der Waals surface area contributed by atoms with Crippen LogP contribution in [-0.2, 0) is 4.74 Å². The quantitative estimate of drug-likeness (QED) is 0.664. The molecule has 2 rings (SSSR count). The van der Waals surface area contributed by atoms with Gasteiger partial charge in [-0.1, -0.05) is 17.7 Å². The summed E-state index contributed by atoms with van der Waals surface area (Å²) in [6.45, 7) is 7.60. The zero-order valence-corrected chi connectivity index (χ0v) is 14.2. The van der Waals surface area contributed by atoms with Crippen LogP contribution in [0, 0.1) is 12.1 Å². The highest BCUT2D eigenvalue weighted by Gasteiger charge is 2.23. The summed E-state index contributed by atoms with van der Waals surface area (Å²) in [7, 11) is 0. The Labute approximate surface area is 139 Å². The van der Waals surface area contributed by atoms with E-state index in [4.69, 9.17) is 9.47 Å². The highest BCUT2D eigenvalue weighted by atomic mass is 16.8. The summed E-state index contributed by atoms with van der Waals surface area (Å²) in [6.07, 6.45) is -0.538. The first-order valence-electron chi connectivity index (χ1n) is 7.53. The van der Waals surface area contributed by atoms with E-state index in [2.05, 4.69) is 15.1 Å². The van der Waals surface area contributed by atoms with E-state index in [1.165, 1.54) is 0 Å². The molecule has 0 fully saturated rings. The van der Waals surface area contributed by atoms with Crippen LogP contribution >= 0.6 is 0 Å². The molecule has 24 heavy (non-hydrogen) atoms. The molecule has 130 valence electrons. The number of hydrogen-bond donors (Lipinski definition) is 1. The van der Waals surface area contributed by atoms with Gasteiger partial charge in [-0.15, -0.1) is 0 Å². The van der Waals surface area contributed by atoms with Crippen LogP contribution in [0.2, 0.25) is 0 Å². The minimum atomic E-state index is -0.566. The van der Waals surface area contributed by atoms with Gasteiger partial charge in [0.2, 0.25) is 0 Å². The van der Waals surface area contributed by atoms with Crippen molar-refractivity contribution in [3.63, 3.8) is 0 Å². The maximum atomic E-state index is 11.7. The minimum Gasteiger partial charge on any atom is -0.453 e. The molecular formula is C16H21N3O5. The van der Waals surface area contributed by atoms with Gasteiger partial charge in [0.15, 0.2) is 0 Å². The molecule has 0 saturated carbocycles. The van der Waals surface area contributed by atoms with Crippen molar-refractivity contribution in [1.29, 1.82) is 0 Å². The number of benzene rings is 1. The number of rotatable bonds is 5. The Morgan fingerprint density at radius 3 is 2.62 bits per heavy atom. The Balaban J connectivity index is 1.92. The highest BCUT2D eigenvalue weighted by molar-refractivity contribution is 5.67. The van der Waals surface area contributed by atoms with E-state index in [1.54, 1.807) is 32.9 Å². The molecule has 0 radical (unpaired) electrons. The summed E-state index contributed by atoms with van der Waals surface area (Å²) in [5.74, 6) is 0.0693. The first-order chi connectivity index (χ1) is 11.3. The summed E-state index contributed by atoms with van der Waals surface area (Å²) in [5, 5.41) is 17.9. The van der Waals surface area contributed by atoms with E-state index >= 15 is 0 Å². The number of nitrogens with zero attached hydrogens (tertiary/aromatic N) is 2. The van der Waals surface area contributed by atoms with Crippen LogP contribution in [0.5, 0.6) is 5.88 Å². The first kappa shape index (κ1) is 17.6. The lowest BCUT2D eigenvalue weighted by molar-refractivity contribution is -0.793. The molecule has 0 saturated heterocycles.